The molecular formula is C25H19F2N7O5. The molecule has 14 heteroatoms. The fourth-order valence-electron chi connectivity index (χ4n) is 3.91. The molecule has 0 aliphatic carbocycles. The molecule has 0 bridgehead atoms. The number of nitrogens with two attached hydrogens (primary N) is 1. The monoisotopic (exact) mass is 535 g/mol. The molecule has 2 aromatic carbocycles. The molecule has 0 fully saturated rings. The van der Waals surface area contributed by atoms with Gasteiger partial charge in [-0.25, -0.2) is 23.1 Å². The maximum atomic E-state index is 14.3. The first-order valence-corrected chi connectivity index (χ1v) is 11.4. The van der Waals surface area contributed by atoms with Gasteiger partial charge < -0.3 is 20.8 Å². The van der Waals surface area contributed by atoms with Crippen LogP contribution in [0.25, 0.3) is 16.7 Å². The van der Waals surface area contributed by atoms with Crippen LogP contribution in [0.5, 0.6) is 0 Å². The Labute approximate surface area is 217 Å². The molecule has 0 radical (unpaired) electrons. The molecule has 0 aliphatic rings. The molecule has 0 unspecified atom stereocenters. The molecule has 5 rings (SSSR count). The molecule has 4 N–H and O–H groups in total. The predicted octanol–water partition coefficient (Wildman–Crippen LogP) is 1.41. The van der Waals surface area contributed by atoms with Crippen molar-refractivity contribution < 1.29 is 27.6 Å². The average Bonchev–Trinajstić information content (AvgIpc) is 3.43. The normalized spacial score (nSPS) is 11.2. The van der Waals surface area contributed by atoms with Gasteiger partial charge in [0, 0.05) is 26.2 Å². The van der Waals surface area contributed by atoms with E-state index in [1.807, 2.05) is 0 Å². The van der Waals surface area contributed by atoms with E-state index in [0.717, 1.165) is 22.8 Å². The Kier molecular flexibility index (Phi) is 6.35. The summed E-state index contributed by atoms with van der Waals surface area (Å²) in [5.41, 5.74) is 5.91. The zero-order valence-corrected chi connectivity index (χ0v) is 20.2. The molecule has 0 spiro atoms. The lowest BCUT2D eigenvalue weighted by Gasteiger charge is -2.10. The quantitative estimate of drug-likeness (QED) is 0.283. The van der Waals surface area contributed by atoms with Gasteiger partial charge in [0.05, 0.1) is 17.3 Å². The highest BCUT2D eigenvalue weighted by Crippen LogP contribution is 2.16. The van der Waals surface area contributed by atoms with E-state index in [1.165, 1.54) is 16.7 Å². The second-order valence-corrected chi connectivity index (χ2v) is 8.53. The molecular weight excluding hydrogens is 516 g/mol. The Bertz CT molecular complexity index is 1860. The van der Waals surface area contributed by atoms with Gasteiger partial charge in [0.25, 0.3) is 17.7 Å². The van der Waals surface area contributed by atoms with Crippen molar-refractivity contribution in [3.63, 3.8) is 0 Å². The van der Waals surface area contributed by atoms with Crippen molar-refractivity contribution in [3.8, 4) is 0 Å². The first-order chi connectivity index (χ1) is 18.6. The summed E-state index contributed by atoms with van der Waals surface area (Å²) in [6.07, 6.45) is 0.850. The van der Waals surface area contributed by atoms with Crippen molar-refractivity contribution in [2.45, 2.75) is 13.1 Å². The fraction of sp³-hybridized carbons (Fsp3) is 0.120. The van der Waals surface area contributed by atoms with E-state index in [0.29, 0.717) is 22.2 Å². The largest absolute Gasteiger partial charge is 0.419 e. The van der Waals surface area contributed by atoms with Crippen molar-refractivity contribution >= 4 is 34.5 Å². The smallest absolute Gasteiger partial charge is 0.408 e. The van der Waals surface area contributed by atoms with Gasteiger partial charge in [-0.2, -0.15) is 5.10 Å². The minimum Gasteiger partial charge on any atom is -0.408 e. The summed E-state index contributed by atoms with van der Waals surface area (Å²) in [6, 6.07) is 9.73. The van der Waals surface area contributed by atoms with E-state index >= 15 is 0 Å². The van der Waals surface area contributed by atoms with Gasteiger partial charge in [-0.05, 0) is 35.4 Å². The molecule has 0 atom stereocenters. The first-order valence-electron chi connectivity index (χ1n) is 11.4. The number of carbonyl (C=O) groups excluding carboxylic acids is 3. The summed E-state index contributed by atoms with van der Waals surface area (Å²) in [5.74, 6) is -4.59. The fourth-order valence-corrected chi connectivity index (χ4v) is 3.91. The van der Waals surface area contributed by atoms with Crippen LogP contribution in [0.15, 0.2) is 57.9 Å². The van der Waals surface area contributed by atoms with Crippen LogP contribution in [0.1, 0.15) is 42.5 Å². The number of primary amides is 1. The predicted molar refractivity (Wildman–Crippen MR) is 132 cm³/mol. The van der Waals surface area contributed by atoms with Crippen LogP contribution in [0.4, 0.5) is 8.78 Å². The lowest BCUT2D eigenvalue weighted by molar-refractivity contribution is 0.0940. The molecule has 0 saturated carbocycles. The Balaban J connectivity index is 1.36. The van der Waals surface area contributed by atoms with Gasteiger partial charge >= 0.3 is 5.76 Å². The summed E-state index contributed by atoms with van der Waals surface area (Å²) in [5, 5.41) is 9.00. The SMILES string of the molecule is Cn1c(=O)oc2ccc(CNC(=O)c3cc(C(=O)NCc4ccc(C(N)=O)c(F)c4)n4ncc(F)c4n3)cc21. The van der Waals surface area contributed by atoms with Crippen molar-refractivity contribution in [3.05, 3.63) is 98.9 Å². The number of rotatable bonds is 7. The molecule has 5 aromatic rings. The number of carbonyl (C=O) groups is 3. The Hall–Kier alpha value is -5.40. The molecule has 3 amide bonds. The molecule has 12 nitrogen and oxygen atoms in total. The lowest BCUT2D eigenvalue weighted by atomic mass is 10.1. The topological polar surface area (TPSA) is 167 Å². The second kappa shape index (κ2) is 9.81. The number of hydrogen-bond acceptors (Lipinski definition) is 7. The van der Waals surface area contributed by atoms with Gasteiger partial charge in [0.2, 0.25) is 0 Å². The van der Waals surface area contributed by atoms with Crippen LogP contribution < -0.4 is 22.1 Å². The summed E-state index contributed by atoms with van der Waals surface area (Å²) >= 11 is 0. The van der Waals surface area contributed by atoms with Crippen molar-refractivity contribution in [2.24, 2.45) is 12.8 Å². The van der Waals surface area contributed by atoms with Crippen LogP contribution in [-0.4, -0.2) is 36.9 Å². The number of aromatic nitrogens is 4. The van der Waals surface area contributed by atoms with Gasteiger partial charge in [-0.3, -0.25) is 19.0 Å². The summed E-state index contributed by atoms with van der Waals surface area (Å²) in [4.78, 5) is 52.7. The lowest BCUT2D eigenvalue weighted by Crippen LogP contribution is -2.28. The Morgan fingerprint density at radius 1 is 0.974 bits per heavy atom. The highest BCUT2D eigenvalue weighted by Gasteiger charge is 2.20. The third-order valence-electron chi connectivity index (χ3n) is 5.95. The van der Waals surface area contributed by atoms with Crippen molar-refractivity contribution in [2.75, 3.05) is 0 Å². The highest BCUT2D eigenvalue weighted by molar-refractivity contribution is 5.98. The number of amides is 3. The number of hydrogen-bond donors (Lipinski definition) is 3. The summed E-state index contributed by atoms with van der Waals surface area (Å²) in [7, 11) is 1.55. The van der Waals surface area contributed by atoms with E-state index in [9.17, 15) is 28.0 Å². The van der Waals surface area contributed by atoms with Crippen LogP contribution in [0, 0.1) is 11.6 Å². The molecule has 3 aromatic heterocycles. The second-order valence-electron chi connectivity index (χ2n) is 8.53. The zero-order valence-electron chi connectivity index (χ0n) is 20.2. The van der Waals surface area contributed by atoms with Gasteiger partial charge in [-0.15, -0.1) is 0 Å². The molecule has 3 heterocycles. The van der Waals surface area contributed by atoms with E-state index in [4.69, 9.17) is 10.2 Å². The van der Waals surface area contributed by atoms with E-state index in [2.05, 4.69) is 20.7 Å². The third-order valence-corrected chi connectivity index (χ3v) is 5.95. The van der Waals surface area contributed by atoms with Gasteiger partial charge in [-0.1, -0.05) is 12.1 Å². The van der Waals surface area contributed by atoms with Crippen LogP contribution in [0.2, 0.25) is 0 Å². The average molecular weight is 535 g/mol. The first kappa shape index (κ1) is 25.3. The molecule has 198 valence electrons. The van der Waals surface area contributed by atoms with E-state index < -0.39 is 35.1 Å². The minimum atomic E-state index is -0.929. The number of nitrogens with zero attached hydrogens (tertiary/aromatic N) is 4. The number of nitrogens with one attached hydrogen (secondary N) is 2. The third kappa shape index (κ3) is 4.82. The molecule has 0 saturated heterocycles. The maximum Gasteiger partial charge on any atom is 0.419 e. The highest BCUT2D eigenvalue weighted by atomic mass is 19.1. The number of aryl methyl sites for hydroxylation is 1. The zero-order chi connectivity index (χ0) is 27.8. The van der Waals surface area contributed by atoms with Crippen molar-refractivity contribution in [1.29, 1.82) is 0 Å². The molecule has 0 aliphatic heterocycles. The number of fused-ring (bicyclic) bond motifs is 2. The van der Waals surface area contributed by atoms with E-state index in [-0.39, 0.29) is 35.7 Å². The van der Waals surface area contributed by atoms with Gasteiger partial charge in [0.15, 0.2) is 17.0 Å². The van der Waals surface area contributed by atoms with Crippen molar-refractivity contribution in [1.82, 2.24) is 29.8 Å². The van der Waals surface area contributed by atoms with Crippen LogP contribution in [0.3, 0.4) is 0 Å². The maximum absolute atomic E-state index is 14.3. The number of benzene rings is 2. The number of oxazole rings is 1. The standard InChI is InChI=1S/C25H19F2N7O5/c1-33-18-7-13(3-5-20(18)39-25(33)38)10-29-23(36)17-8-19(34-22(32-17)16(27)11-31-34)24(37)30-9-12-2-4-14(21(28)35)15(26)6-12/h2-8,11H,9-10H2,1H3,(H2,28,35)(H,29,36)(H,30,37). The summed E-state index contributed by atoms with van der Waals surface area (Å²) < 4.78 is 35.7. The molecule has 39 heavy (non-hydrogen) atoms. The Morgan fingerprint density at radius 2 is 1.67 bits per heavy atom. The van der Waals surface area contributed by atoms with Gasteiger partial charge in [0.1, 0.15) is 17.2 Å². The minimum absolute atomic E-state index is 0.0388. The van der Waals surface area contributed by atoms with Crippen LogP contribution >= 0.6 is 0 Å². The van der Waals surface area contributed by atoms with Crippen LogP contribution in [-0.2, 0) is 20.1 Å². The van der Waals surface area contributed by atoms with E-state index in [1.54, 1.807) is 25.2 Å². The number of halogens is 2. The Morgan fingerprint density at radius 3 is 2.38 bits per heavy atom. The summed E-state index contributed by atoms with van der Waals surface area (Å²) in [6.45, 7) is -0.111.